The van der Waals surface area contributed by atoms with Crippen LogP contribution in [0.25, 0.3) is 0 Å². The Morgan fingerprint density at radius 1 is 1.42 bits per heavy atom. The number of nitriles is 1. The molecule has 0 unspecified atom stereocenters. The molecule has 0 radical (unpaired) electrons. The van der Waals surface area contributed by atoms with Gasteiger partial charge in [-0.3, -0.25) is 0 Å². The fraction of sp³-hybridized carbons (Fsp3) is 0.900. The number of hydrogen-bond acceptors (Lipinski definition) is 2. The predicted molar refractivity (Wildman–Crippen MR) is 47.6 cm³/mol. The van der Waals surface area contributed by atoms with Gasteiger partial charge in [-0.25, -0.2) is 0 Å². The van der Waals surface area contributed by atoms with E-state index in [-0.39, 0.29) is 0 Å². The molecule has 1 aliphatic rings. The molecular weight excluding hydrogens is 150 g/mol. The van der Waals surface area contributed by atoms with E-state index in [1.807, 2.05) is 0 Å². The van der Waals surface area contributed by atoms with Crippen LogP contribution in [-0.2, 0) is 4.74 Å². The van der Waals surface area contributed by atoms with Gasteiger partial charge in [-0.2, -0.15) is 5.26 Å². The highest BCUT2D eigenvalue weighted by Gasteiger charge is 2.21. The molecule has 0 spiro atoms. The number of hydrogen-bond donors (Lipinski definition) is 0. The third kappa shape index (κ3) is 2.83. The Bertz CT molecular complexity index is 162. The highest BCUT2D eigenvalue weighted by atomic mass is 16.5. The molecular formula is C10H17NO. The van der Waals surface area contributed by atoms with Crippen molar-refractivity contribution in [2.24, 2.45) is 5.92 Å². The van der Waals surface area contributed by atoms with Crippen molar-refractivity contribution in [3.63, 3.8) is 0 Å². The number of ether oxygens (including phenoxy) is 1. The van der Waals surface area contributed by atoms with Crippen molar-refractivity contribution in [1.82, 2.24) is 0 Å². The lowest BCUT2D eigenvalue weighted by Crippen LogP contribution is -2.25. The maximum atomic E-state index is 8.33. The van der Waals surface area contributed by atoms with E-state index in [1.54, 1.807) is 0 Å². The molecule has 0 aromatic heterocycles. The summed E-state index contributed by atoms with van der Waals surface area (Å²) in [6.45, 7) is 2.86. The predicted octanol–water partition coefficient (Wildman–Crippen LogP) is 2.50. The minimum atomic E-state index is 0.423. The standard InChI is InChI=1S/C10H17NO/c1-9-5-2-3-6-10(9)12-8-4-7-11/h9-10H,2-6,8H2,1H3/t9-,10+/m1/s1. The second-order valence-corrected chi connectivity index (χ2v) is 3.58. The summed E-state index contributed by atoms with van der Waals surface area (Å²) >= 11 is 0. The lowest BCUT2D eigenvalue weighted by Gasteiger charge is -2.28. The van der Waals surface area contributed by atoms with Crippen molar-refractivity contribution in [2.45, 2.75) is 45.1 Å². The molecule has 68 valence electrons. The van der Waals surface area contributed by atoms with E-state index in [0.29, 0.717) is 25.0 Å². The largest absolute Gasteiger partial charge is 0.377 e. The van der Waals surface area contributed by atoms with Gasteiger partial charge in [0.25, 0.3) is 0 Å². The third-order valence-electron chi connectivity index (χ3n) is 2.58. The van der Waals surface area contributed by atoms with Crippen molar-refractivity contribution in [3.05, 3.63) is 0 Å². The minimum Gasteiger partial charge on any atom is -0.377 e. The maximum absolute atomic E-state index is 8.33. The van der Waals surface area contributed by atoms with Crippen LogP contribution < -0.4 is 0 Å². The molecule has 1 aliphatic carbocycles. The van der Waals surface area contributed by atoms with Crippen molar-refractivity contribution in [3.8, 4) is 6.07 Å². The summed E-state index contributed by atoms with van der Waals surface area (Å²) in [6.07, 6.45) is 6.07. The molecule has 0 aromatic carbocycles. The topological polar surface area (TPSA) is 33.0 Å². The van der Waals surface area contributed by atoms with Gasteiger partial charge in [-0.1, -0.05) is 19.8 Å². The second kappa shape index (κ2) is 5.16. The number of rotatable bonds is 3. The summed E-state index contributed by atoms with van der Waals surface area (Å²) in [5.74, 6) is 0.692. The molecule has 2 heteroatoms. The second-order valence-electron chi connectivity index (χ2n) is 3.58. The molecule has 0 heterocycles. The highest BCUT2D eigenvalue weighted by molar-refractivity contribution is 4.74. The lowest BCUT2D eigenvalue weighted by atomic mass is 9.88. The molecule has 1 saturated carbocycles. The van der Waals surface area contributed by atoms with E-state index in [4.69, 9.17) is 10.00 Å². The zero-order valence-corrected chi connectivity index (χ0v) is 7.75. The third-order valence-corrected chi connectivity index (χ3v) is 2.58. The Morgan fingerprint density at radius 2 is 2.17 bits per heavy atom. The molecule has 1 rings (SSSR count). The van der Waals surface area contributed by atoms with Gasteiger partial charge in [-0.05, 0) is 18.8 Å². The molecule has 0 aromatic rings. The Labute approximate surface area is 74.5 Å². The molecule has 0 saturated heterocycles. The molecule has 2 nitrogen and oxygen atoms in total. The average Bonchev–Trinajstić information content (AvgIpc) is 2.09. The summed E-state index contributed by atoms with van der Waals surface area (Å²) < 4.78 is 5.61. The van der Waals surface area contributed by atoms with E-state index in [0.717, 1.165) is 0 Å². The minimum absolute atomic E-state index is 0.423. The van der Waals surface area contributed by atoms with E-state index in [9.17, 15) is 0 Å². The van der Waals surface area contributed by atoms with Crippen molar-refractivity contribution in [1.29, 1.82) is 5.26 Å². The molecule has 0 N–H and O–H groups in total. The van der Waals surface area contributed by atoms with Crippen LogP contribution in [0.2, 0.25) is 0 Å². The van der Waals surface area contributed by atoms with Gasteiger partial charge in [0.1, 0.15) is 0 Å². The lowest BCUT2D eigenvalue weighted by molar-refractivity contribution is -0.00209. The fourth-order valence-electron chi connectivity index (χ4n) is 1.79. The van der Waals surface area contributed by atoms with Gasteiger partial charge in [-0.15, -0.1) is 0 Å². The van der Waals surface area contributed by atoms with Crippen LogP contribution in [0.4, 0.5) is 0 Å². The van der Waals surface area contributed by atoms with E-state index in [2.05, 4.69) is 13.0 Å². The summed E-state index contributed by atoms with van der Waals surface area (Å²) in [6, 6.07) is 2.10. The zero-order valence-electron chi connectivity index (χ0n) is 7.75. The fourth-order valence-corrected chi connectivity index (χ4v) is 1.79. The summed E-state index contributed by atoms with van der Waals surface area (Å²) in [7, 11) is 0. The number of nitrogens with zero attached hydrogens (tertiary/aromatic N) is 1. The highest BCUT2D eigenvalue weighted by Crippen LogP contribution is 2.26. The first kappa shape index (κ1) is 9.54. The van der Waals surface area contributed by atoms with Crippen LogP contribution in [0.3, 0.4) is 0 Å². The quantitative estimate of drug-likeness (QED) is 0.605. The van der Waals surface area contributed by atoms with Gasteiger partial charge in [0.05, 0.1) is 25.2 Å². The average molecular weight is 167 g/mol. The van der Waals surface area contributed by atoms with Crippen LogP contribution in [0.1, 0.15) is 39.0 Å². The molecule has 0 bridgehead atoms. The first-order valence-corrected chi connectivity index (χ1v) is 4.83. The van der Waals surface area contributed by atoms with Crippen LogP contribution in [0.5, 0.6) is 0 Å². The first-order valence-electron chi connectivity index (χ1n) is 4.83. The Hall–Kier alpha value is -0.550. The summed E-state index contributed by atoms with van der Waals surface area (Å²) in [5.41, 5.74) is 0. The van der Waals surface area contributed by atoms with Crippen LogP contribution in [0, 0.1) is 17.2 Å². The SMILES string of the molecule is C[C@@H]1CCCC[C@@H]1OCCC#N. The van der Waals surface area contributed by atoms with Crippen LogP contribution in [0.15, 0.2) is 0 Å². The van der Waals surface area contributed by atoms with Crippen molar-refractivity contribution >= 4 is 0 Å². The summed E-state index contributed by atoms with van der Waals surface area (Å²) in [4.78, 5) is 0. The normalized spacial score (nSPS) is 29.7. The van der Waals surface area contributed by atoms with Gasteiger partial charge < -0.3 is 4.74 Å². The Balaban J connectivity index is 2.16. The van der Waals surface area contributed by atoms with E-state index >= 15 is 0 Å². The Morgan fingerprint density at radius 3 is 2.83 bits per heavy atom. The van der Waals surface area contributed by atoms with Gasteiger partial charge in [0, 0.05) is 0 Å². The molecule has 2 atom stereocenters. The first-order chi connectivity index (χ1) is 5.84. The zero-order chi connectivity index (χ0) is 8.81. The van der Waals surface area contributed by atoms with Crippen molar-refractivity contribution < 1.29 is 4.74 Å². The molecule has 0 aliphatic heterocycles. The van der Waals surface area contributed by atoms with Crippen LogP contribution >= 0.6 is 0 Å². The molecule has 12 heavy (non-hydrogen) atoms. The van der Waals surface area contributed by atoms with Crippen molar-refractivity contribution in [2.75, 3.05) is 6.61 Å². The monoisotopic (exact) mass is 167 g/mol. The summed E-state index contributed by atoms with van der Waals surface area (Å²) in [5, 5.41) is 8.33. The maximum Gasteiger partial charge on any atom is 0.0645 e. The van der Waals surface area contributed by atoms with Gasteiger partial charge >= 0.3 is 0 Å². The van der Waals surface area contributed by atoms with E-state index < -0.39 is 0 Å². The molecule has 1 fully saturated rings. The van der Waals surface area contributed by atoms with E-state index in [1.165, 1.54) is 25.7 Å². The smallest absolute Gasteiger partial charge is 0.0645 e. The van der Waals surface area contributed by atoms with Crippen LogP contribution in [-0.4, -0.2) is 12.7 Å². The van der Waals surface area contributed by atoms with Gasteiger partial charge in [0.2, 0.25) is 0 Å². The Kier molecular flexibility index (Phi) is 4.10. The van der Waals surface area contributed by atoms with Gasteiger partial charge in [0.15, 0.2) is 0 Å². The molecule has 0 amide bonds.